The van der Waals surface area contributed by atoms with Crippen molar-refractivity contribution in [2.45, 2.75) is 50.5 Å². The van der Waals surface area contributed by atoms with Crippen LogP contribution in [-0.4, -0.2) is 18.8 Å². The van der Waals surface area contributed by atoms with Gasteiger partial charge in [0.15, 0.2) is 0 Å². The van der Waals surface area contributed by atoms with Gasteiger partial charge in [-0.15, -0.1) is 11.8 Å². The van der Waals surface area contributed by atoms with Crippen molar-refractivity contribution in [2.24, 2.45) is 5.92 Å². The van der Waals surface area contributed by atoms with Gasteiger partial charge in [-0.05, 0) is 36.6 Å². The second-order valence-electron chi connectivity index (χ2n) is 5.73. The molecular weight excluding hydrogens is 264 g/mol. The summed E-state index contributed by atoms with van der Waals surface area (Å²) >= 11 is 1.76. The number of hydrogen-bond acceptors (Lipinski definition) is 3. The lowest BCUT2D eigenvalue weighted by Crippen LogP contribution is -2.36. The summed E-state index contributed by atoms with van der Waals surface area (Å²) in [5, 5.41) is 9.54. The average molecular weight is 288 g/mol. The van der Waals surface area contributed by atoms with Crippen molar-refractivity contribution in [1.82, 2.24) is 0 Å². The minimum absolute atomic E-state index is 0.577. The SMILES string of the molecule is CCSc1cccc(N(C)C2CCCC(C)C2)c1C#N. The van der Waals surface area contributed by atoms with Crippen LogP contribution >= 0.6 is 11.8 Å². The van der Waals surface area contributed by atoms with Crippen LogP contribution in [0.3, 0.4) is 0 Å². The van der Waals surface area contributed by atoms with Crippen LogP contribution in [0.2, 0.25) is 0 Å². The molecular formula is C17H24N2S. The molecule has 2 unspecified atom stereocenters. The standard InChI is InChI=1S/C17H24N2S/c1-4-20-17-10-6-9-16(15(17)12-18)19(3)14-8-5-7-13(2)11-14/h6,9-10,13-14H,4-5,7-8,11H2,1-3H3. The Labute approximate surface area is 127 Å². The van der Waals surface area contributed by atoms with E-state index in [1.165, 1.54) is 25.7 Å². The summed E-state index contributed by atoms with van der Waals surface area (Å²) in [6.45, 7) is 4.47. The summed E-state index contributed by atoms with van der Waals surface area (Å²) in [4.78, 5) is 3.46. The summed E-state index contributed by atoms with van der Waals surface area (Å²) < 4.78 is 0. The van der Waals surface area contributed by atoms with E-state index in [4.69, 9.17) is 0 Å². The fraction of sp³-hybridized carbons (Fsp3) is 0.588. The van der Waals surface area contributed by atoms with E-state index in [9.17, 15) is 5.26 Å². The highest BCUT2D eigenvalue weighted by Gasteiger charge is 2.24. The second kappa shape index (κ2) is 7.04. The molecule has 1 aliphatic carbocycles. The fourth-order valence-electron chi connectivity index (χ4n) is 3.15. The van der Waals surface area contributed by atoms with E-state index in [1.54, 1.807) is 11.8 Å². The Hall–Kier alpha value is -1.14. The van der Waals surface area contributed by atoms with E-state index in [2.05, 4.69) is 50.1 Å². The molecule has 0 bridgehead atoms. The zero-order valence-electron chi connectivity index (χ0n) is 12.7. The highest BCUT2D eigenvalue weighted by atomic mass is 32.2. The third kappa shape index (κ3) is 3.30. The molecule has 1 aliphatic rings. The molecule has 0 N–H and O–H groups in total. The van der Waals surface area contributed by atoms with Crippen LogP contribution in [0.1, 0.15) is 45.1 Å². The molecule has 1 saturated carbocycles. The molecule has 0 radical (unpaired) electrons. The molecule has 1 aromatic rings. The van der Waals surface area contributed by atoms with Gasteiger partial charge in [0.05, 0.1) is 11.3 Å². The van der Waals surface area contributed by atoms with Crippen LogP contribution in [-0.2, 0) is 0 Å². The minimum atomic E-state index is 0.577. The lowest BCUT2D eigenvalue weighted by molar-refractivity contribution is 0.336. The van der Waals surface area contributed by atoms with Crippen LogP contribution in [0.4, 0.5) is 5.69 Å². The molecule has 3 heteroatoms. The van der Waals surface area contributed by atoms with Gasteiger partial charge in [0.25, 0.3) is 0 Å². The normalized spacial score (nSPS) is 22.3. The van der Waals surface area contributed by atoms with Crippen LogP contribution in [0.15, 0.2) is 23.1 Å². The van der Waals surface area contributed by atoms with Gasteiger partial charge in [-0.25, -0.2) is 0 Å². The van der Waals surface area contributed by atoms with Crippen LogP contribution in [0.25, 0.3) is 0 Å². The molecule has 2 rings (SSSR count). The summed E-state index contributed by atoms with van der Waals surface area (Å²) in [5.74, 6) is 1.80. The van der Waals surface area contributed by atoms with Gasteiger partial charge < -0.3 is 4.90 Å². The molecule has 20 heavy (non-hydrogen) atoms. The largest absolute Gasteiger partial charge is 0.371 e. The van der Waals surface area contributed by atoms with Crippen molar-refractivity contribution in [1.29, 1.82) is 5.26 Å². The van der Waals surface area contributed by atoms with Gasteiger partial charge in [0.2, 0.25) is 0 Å². The number of hydrogen-bond donors (Lipinski definition) is 0. The maximum absolute atomic E-state index is 9.54. The Morgan fingerprint density at radius 1 is 1.40 bits per heavy atom. The van der Waals surface area contributed by atoms with Crippen LogP contribution < -0.4 is 4.90 Å². The van der Waals surface area contributed by atoms with E-state index in [-0.39, 0.29) is 0 Å². The number of anilines is 1. The molecule has 1 aromatic carbocycles. The van der Waals surface area contributed by atoms with E-state index in [1.807, 2.05) is 0 Å². The van der Waals surface area contributed by atoms with E-state index in [0.717, 1.165) is 27.8 Å². The molecule has 0 aliphatic heterocycles. The van der Waals surface area contributed by atoms with Crippen molar-refractivity contribution < 1.29 is 0 Å². The maximum atomic E-state index is 9.54. The lowest BCUT2D eigenvalue weighted by Gasteiger charge is -2.36. The molecule has 2 nitrogen and oxygen atoms in total. The van der Waals surface area contributed by atoms with Crippen LogP contribution in [0.5, 0.6) is 0 Å². The van der Waals surface area contributed by atoms with Gasteiger partial charge in [-0.1, -0.05) is 32.8 Å². The average Bonchev–Trinajstić information content (AvgIpc) is 2.46. The second-order valence-corrected chi connectivity index (χ2v) is 7.04. The summed E-state index contributed by atoms with van der Waals surface area (Å²) in [5.41, 5.74) is 1.95. The smallest absolute Gasteiger partial charge is 0.103 e. The quantitative estimate of drug-likeness (QED) is 0.752. The Morgan fingerprint density at radius 3 is 2.85 bits per heavy atom. The molecule has 0 saturated heterocycles. The third-order valence-electron chi connectivity index (χ3n) is 4.25. The maximum Gasteiger partial charge on any atom is 0.103 e. The molecule has 108 valence electrons. The Kier molecular flexibility index (Phi) is 5.37. The number of benzene rings is 1. The first-order valence-electron chi connectivity index (χ1n) is 7.56. The Balaban J connectivity index is 2.27. The predicted molar refractivity (Wildman–Crippen MR) is 87.4 cm³/mol. The van der Waals surface area contributed by atoms with E-state index >= 15 is 0 Å². The molecule has 0 heterocycles. The number of thioether (sulfide) groups is 1. The highest BCUT2D eigenvalue weighted by Crippen LogP contribution is 2.34. The minimum Gasteiger partial charge on any atom is -0.371 e. The van der Waals surface area contributed by atoms with Crippen molar-refractivity contribution in [3.05, 3.63) is 23.8 Å². The van der Waals surface area contributed by atoms with Crippen molar-refractivity contribution in [3.63, 3.8) is 0 Å². The predicted octanol–water partition coefficient (Wildman–Crippen LogP) is 4.69. The first kappa shape index (κ1) is 15.3. The summed E-state index contributed by atoms with van der Waals surface area (Å²) in [6.07, 6.45) is 5.14. The van der Waals surface area contributed by atoms with Crippen molar-refractivity contribution in [3.8, 4) is 6.07 Å². The Morgan fingerprint density at radius 2 is 2.20 bits per heavy atom. The zero-order valence-corrected chi connectivity index (χ0v) is 13.5. The zero-order chi connectivity index (χ0) is 14.5. The molecule has 0 aromatic heterocycles. The molecule has 0 amide bonds. The number of nitrogens with zero attached hydrogens (tertiary/aromatic N) is 2. The van der Waals surface area contributed by atoms with Gasteiger partial charge >= 0.3 is 0 Å². The monoisotopic (exact) mass is 288 g/mol. The number of nitriles is 1. The van der Waals surface area contributed by atoms with Gasteiger partial charge in [0, 0.05) is 18.0 Å². The topological polar surface area (TPSA) is 27.0 Å². The fourth-order valence-corrected chi connectivity index (χ4v) is 3.93. The van der Waals surface area contributed by atoms with Crippen LogP contribution in [0, 0.1) is 17.2 Å². The first-order valence-corrected chi connectivity index (χ1v) is 8.54. The number of rotatable bonds is 4. The van der Waals surface area contributed by atoms with Gasteiger partial charge in [-0.2, -0.15) is 5.26 Å². The van der Waals surface area contributed by atoms with E-state index in [0.29, 0.717) is 6.04 Å². The molecule has 0 spiro atoms. The van der Waals surface area contributed by atoms with Gasteiger partial charge in [0.1, 0.15) is 6.07 Å². The van der Waals surface area contributed by atoms with E-state index < -0.39 is 0 Å². The first-order chi connectivity index (χ1) is 9.67. The van der Waals surface area contributed by atoms with Gasteiger partial charge in [-0.3, -0.25) is 0 Å². The summed E-state index contributed by atoms with van der Waals surface area (Å²) in [7, 11) is 2.15. The lowest BCUT2D eigenvalue weighted by atomic mass is 9.86. The van der Waals surface area contributed by atoms with Crippen molar-refractivity contribution >= 4 is 17.4 Å². The highest BCUT2D eigenvalue weighted by molar-refractivity contribution is 7.99. The van der Waals surface area contributed by atoms with Crippen molar-refractivity contribution in [2.75, 3.05) is 17.7 Å². The Bertz CT molecular complexity index is 492. The summed E-state index contributed by atoms with van der Waals surface area (Å²) in [6, 6.07) is 9.23. The molecule has 1 fully saturated rings. The third-order valence-corrected chi connectivity index (χ3v) is 5.19. The molecule has 2 atom stereocenters.